The minimum Gasteiger partial charge on any atom is -0.439 e. The van der Waals surface area contributed by atoms with Crippen LogP contribution in [0.5, 0.6) is 0 Å². The van der Waals surface area contributed by atoms with Gasteiger partial charge < -0.3 is 20.1 Å². The molecule has 0 unspecified atom stereocenters. The van der Waals surface area contributed by atoms with Gasteiger partial charge in [0.1, 0.15) is 0 Å². The lowest BCUT2D eigenvalue weighted by molar-refractivity contribution is -0.153. The number of esters is 1. The van der Waals surface area contributed by atoms with Gasteiger partial charge in [0.25, 0.3) is 0 Å². The van der Waals surface area contributed by atoms with Gasteiger partial charge >= 0.3 is 5.97 Å². The summed E-state index contributed by atoms with van der Waals surface area (Å²) in [6.45, 7) is 3.10. The fourth-order valence-electron chi connectivity index (χ4n) is 0.803. The zero-order valence-corrected chi connectivity index (χ0v) is 10.1. The molecule has 0 atom stereocenters. The van der Waals surface area contributed by atoms with Crippen LogP contribution >= 0.6 is 0 Å². The number of hydrogen-bond donors (Lipinski definition) is 2. The number of amides is 2. The fourth-order valence-corrected chi connectivity index (χ4v) is 0.803. The molecule has 0 heterocycles. The molecule has 0 aliphatic rings. The first-order chi connectivity index (χ1) is 8.06. The van der Waals surface area contributed by atoms with Crippen molar-refractivity contribution in [2.45, 2.75) is 26.7 Å². The highest BCUT2D eigenvalue weighted by atomic mass is 16.7. The fraction of sp³-hybridized carbons (Fsp3) is 0.700. The quantitative estimate of drug-likeness (QED) is 0.342. The second-order valence-electron chi connectivity index (χ2n) is 3.14. The van der Waals surface area contributed by atoms with E-state index in [9.17, 15) is 14.4 Å². The summed E-state index contributed by atoms with van der Waals surface area (Å²) in [5, 5.41) is 4.99. The van der Waals surface area contributed by atoms with Crippen LogP contribution in [-0.4, -0.2) is 37.9 Å². The van der Waals surface area contributed by atoms with Crippen molar-refractivity contribution in [3.05, 3.63) is 0 Å². The third-order valence-electron chi connectivity index (χ3n) is 1.71. The van der Waals surface area contributed by atoms with Crippen LogP contribution in [0.3, 0.4) is 0 Å². The standard InChI is InChI=1S/C10H18N2O5/c1-3-9(14)11-6-12-10(15)4-5-16-7-17-8(2)13/h3-7H2,1-2H3,(H,11,14)(H,12,15). The summed E-state index contributed by atoms with van der Waals surface area (Å²) in [6.07, 6.45) is 0.518. The summed E-state index contributed by atoms with van der Waals surface area (Å²) >= 11 is 0. The first kappa shape index (κ1) is 15.4. The normalized spacial score (nSPS) is 9.53. The summed E-state index contributed by atoms with van der Waals surface area (Å²) in [4.78, 5) is 32.3. The van der Waals surface area contributed by atoms with Gasteiger partial charge in [-0.25, -0.2) is 0 Å². The van der Waals surface area contributed by atoms with Gasteiger partial charge in [0, 0.05) is 13.3 Å². The molecular weight excluding hydrogens is 228 g/mol. The third kappa shape index (κ3) is 10.6. The molecule has 2 amide bonds. The average molecular weight is 246 g/mol. The number of nitrogens with one attached hydrogen (secondary N) is 2. The smallest absolute Gasteiger partial charge is 0.304 e. The van der Waals surface area contributed by atoms with Crippen molar-refractivity contribution in [2.75, 3.05) is 20.1 Å². The predicted octanol–water partition coefficient (Wildman–Crippen LogP) is -0.486. The summed E-state index contributed by atoms with van der Waals surface area (Å²) in [5.41, 5.74) is 0. The lowest BCUT2D eigenvalue weighted by Gasteiger charge is -2.07. The molecule has 17 heavy (non-hydrogen) atoms. The predicted molar refractivity (Wildman–Crippen MR) is 58.6 cm³/mol. The van der Waals surface area contributed by atoms with Crippen molar-refractivity contribution in [3.63, 3.8) is 0 Å². The number of carbonyl (C=O) groups is 3. The van der Waals surface area contributed by atoms with Crippen LogP contribution in [0.25, 0.3) is 0 Å². The van der Waals surface area contributed by atoms with Crippen molar-refractivity contribution in [3.8, 4) is 0 Å². The minimum atomic E-state index is -0.434. The molecule has 0 aromatic heterocycles. The van der Waals surface area contributed by atoms with Gasteiger partial charge in [-0.1, -0.05) is 6.92 Å². The monoisotopic (exact) mass is 246 g/mol. The lowest BCUT2D eigenvalue weighted by Crippen LogP contribution is -2.37. The van der Waals surface area contributed by atoms with E-state index in [2.05, 4.69) is 15.4 Å². The molecular formula is C10H18N2O5. The maximum Gasteiger partial charge on any atom is 0.304 e. The summed E-state index contributed by atoms with van der Waals surface area (Å²) in [7, 11) is 0. The Bertz CT molecular complexity index is 267. The van der Waals surface area contributed by atoms with Crippen molar-refractivity contribution in [1.82, 2.24) is 10.6 Å². The van der Waals surface area contributed by atoms with Crippen LogP contribution in [0.15, 0.2) is 0 Å². The van der Waals surface area contributed by atoms with E-state index in [0.29, 0.717) is 6.42 Å². The zero-order chi connectivity index (χ0) is 13.1. The molecule has 7 heteroatoms. The second-order valence-corrected chi connectivity index (χ2v) is 3.14. The Morgan fingerprint density at radius 1 is 1.12 bits per heavy atom. The topological polar surface area (TPSA) is 93.7 Å². The molecule has 0 saturated heterocycles. The van der Waals surface area contributed by atoms with Crippen LogP contribution in [0.2, 0.25) is 0 Å². The second kappa shape index (κ2) is 9.59. The van der Waals surface area contributed by atoms with E-state index in [4.69, 9.17) is 4.74 Å². The molecule has 7 nitrogen and oxygen atoms in total. The molecule has 0 fully saturated rings. The molecule has 0 aromatic rings. The van der Waals surface area contributed by atoms with E-state index in [1.54, 1.807) is 6.92 Å². The average Bonchev–Trinajstić information content (AvgIpc) is 2.27. The molecule has 0 rings (SSSR count). The minimum absolute atomic E-state index is 0.107. The van der Waals surface area contributed by atoms with E-state index < -0.39 is 5.97 Å². The van der Waals surface area contributed by atoms with Crippen molar-refractivity contribution >= 4 is 17.8 Å². The van der Waals surface area contributed by atoms with Gasteiger partial charge in [-0.05, 0) is 0 Å². The molecule has 0 aliphatic carbocycles. The molecule has 0 spiro atoms. The van der Waals surface area contributed by atoms with Crippen LogP contribution in [0.4, 0.5) is 0 Å². The molecule has 0 saturated carbocycles. The Kier molecular flexibility index (Phi) is 8.67. The molecule has 0 aromatic carbocycles. The van der Waals surface area contributed by atoms with Gasteiger partial charge in [0.2, 0.25) is 11.8 Å². The Hall–Kier alpha value is -1.63. The van der Waals surface area contributed by atoms with Crippen LogP contribution in [-0.2, 0) is 23.9 Å². The van der Waals surface area contributed by atoms with Gasteiger partial charge in [-0.2, -0.15) is 0 Å². The largest absolute Gasteiger partial charge is 0.439 e. The Morgan fingerprint density at radius 3 is 2.35 bits per heavy atom. The molecule has 0 radical (unpaired) electrons. The highest BCUT2D eigenvalue weighted by molar-refractivity contribution is 5.78. The van der Waals surface area contributed by atoms with Gasteiger partial charge in [0.05, 0.1) is 19.7 Å². The van der Waals surface area contributed by atoms with Gasteiger partial charge in [0.15, 0.2) is 6.79 Å². The Labute approximate surface area is 99.8 Å². The summed E-state index contributed by atoms with van der Waals surface area (Å²) in [5.74, 6) is -0.808. The molecule has 0 bridgehead atoms. The highest BCUT2D eigenvalue weighted by Crippen LogP contribution is 1.85. The third-order valence-corrected chi connectivity index (χ3v) is 1.71. The summed E-state index contributed by atoms with van der Waals surface area (Å²) < 4.78 is 9.37. The zero-order valence-electron chi connectivity index (χ0n) is 10.1. The van der Waals surface area contributed by atoms with Crippen LogP contribution in [0, 0.1) is 0 Å². The van der Waals surface area contributed by atoms with Gasteiger partial charge in [-0.15, -0.1) is 0 Å². The van der Waals surface area contributed by atoms with Crippen LogP contribution < -0.4 is 10.6 Å². The highest BCUT2D eigenvalue weighted by Gasteiger charge is 2.01. The number of hydrogen-bond acceptors (Lipinski definition) is 5. The van der Waals surface area contributed by atoms with E-state index in [0.717, 1.165) is 0 Å². The van der Waals surface area contributed by atoms with E-state index in [1.165, 1.54) is 6.92 Å². The van der Waals surface area contributed by atoms with E-state index in [1.807, 2.05) is 0 Å². The van der Waals surface area contributed by atoms with Crippen LogP contribution in [0.1, 0.15) is 26.7 Å². The van der Waals surface area contributed by atoms with Gasteiger partial charge in [-0.3, -0.25) is 14.4 Å². The molecule has 0 aliphatic heterocycles. The first-order valence-corrected chi connectivity index (χ1v) is 5.30. The van der Waals surface area contributed by atoms with Crippen molar-refractivity contribution < 1.29 is 23.9 Å². The van der Waals surface area contributed by atoms with E-state index in [-0.39, 0.29) is 38.3 Å². The Balaban J connectivity index is 3.35. The number of carbonyl (C=O) groups excluding carboxylic acids is 3. The SMILES string of the molecule is CCC(=O)NCNC(=O)CCOCOC(C)=O. The first-order valence-electron chi connectivity index (χ1n) is 5.30. The number of ether oxygens (including phenoxy) is 2. The van der Waals surface area contributed by atoms with E-state index >= 15 is 0 Å². The molecule has 2 N–H and O–H groups in total. The maximum atomic E-state index is 11.2. The lowest BCUT2D eigenvalue weighted by atomic mass is 10.4. The van der Waals surface area contributed by atoms with Crippen molar-refractivity contribution in [1.29, 1.82) is 0 Å². The number of rotatable bonds is 8. The molecule has 98 valence electrons. The maximum absolute atomic E-state index is 11.2. The Morgan fingerprint density at radius 2 is 1.76 bits per heavy atom. The van der Waals surface area contributed by atoms with Crippen molar-refractivity contribution in [2.24, 2.45) is 0 Å². The summed E-state index contributed by atoms with van der Waals surface area (Å²) in [6, 6.07) is 0.